The lowest BCUT2D eigenvalue weighted by molar-refractivity contribution is 0.0953. The van der Waals surface area contributed by atoms with Gasteiger partial charge in [-0.15, -0.1) is 0 Å². The fourth-order valence-electron chi connectivity index (χ4n) is 2.56. The maximum Gasteiger partial charge on any atom is 0.271 e. The summed E-state index contributed by atoms with van der Waals surface area (Å²) in [5.41, 5.74) is 2.88. The molecule has 0 aliphatic rings. The standard InChI is InChI=1S/C21H24F2N2O4/c1-5-27-18-10-14(11-19(28-6-2)20(18)29-7-3)21(26)25-24-13(4)16-9-8-15(22)12-17(16)23/h8-12H,5-7H2,1-4H3,(H,25,26)/b24-13+. The molecule has 0 aromatic heterocycles. The molecular weight excluding hydrogens is 382 g/mol. The van der Waals surface area contributed by atoms with E-state index < -0.39 is 17.5 Å². The third-order valence-electron chi connectivity index (χ3n) is 3.82. The molecule has 2 aromatic rings. The van der Waals surface area contributed by atoms with Crippen LogP contribution in [0.2, 0.25) is 0 Å². The monoisotopic (exact) mass is 406 g/mol. The molecule has 0 aliphatic carbocycles. The molecule has 2 aromatic carbocycles. The van der Waals surface area contributed by atoms with Gasteiger partial charge in [-0.1, -0.05) is 0 Å². The summed E-state index contributed by atoms with van der Waals surface area (Å²) in [6.07, 6.45) is 0. The maximum absolute atomic E-state index is 13.9. The Hall–Kier alpha value is -3.16. The van der Waals surface area contributed by atoms with Crippen LogP contribution in [-0.2, 0) is 0 Å². The van der Waals surface area contributed by atoms with Crippen LogP contribution in [0.25, 0.3) is 0 Å². The van der Waals surface area contributed by atoms with Gasteiger partial charge in [0.15, 0.2) is 11.5 Å². The predicted octanol–water partition coefficient (Wildman–Crippen LogP) is 4.31. The zero-order chi connectivity index (χ0) is 21.4. The average molecular weight is 406 g/mol. The van der Waals surface area contributed by atoms with Gasteiger partial charge in [0.25, 0.3) is 5.91 Å². The van der Waals surface area contributed by atoms with E-state index in [0.717, 1.165) is 12.1 Å². The molecule has 0 heterocycles. The van der Waals surface area contributed by atoms with Crippen molar-refractivity contribution in [3.05, 3.63) is 53.1 Å². The average Bonchev–Trinajstić information content (AvgIpc) is 2.68. The summed E-state index contributed by atoms with van der Waals surface area (Å²) in [5.74, 6) is -0.840. The van der Waals surface area contributed by atoms with E-state index in [-0.39, 0.29) is 16.8 Å². The molecule has 1 N–H and O–H groups in total. The number of amides is 1. The van der Waals surface area contributed by atoms with Crippen LogP contribution >= 0.6 is 0 Å². The summed E-state index contributed by atoms with van der Waals surface area (Å²) in [7, 11) is 0. The highest BCUT2D eigenvalue weighted by Gasteiger charge is 2.18. The topological polar surface area (TPSA) is 69.2 Å². The molecule has 29 heavy (non-hydrogen) atoms. The fraction of sp³-hybridized carbons (Fsp3) is 0.333. The number of nitrogens with one attached hydrogen (secondary N) is 1. The predicted molar refractivity (Wildman–Crippen MR) is 106 cm³/mol. The van der Waals surface area contributed by atoms with E-state index in [2.05, 4.69) is 10.5 Å². The van der Waals surface area contributed by atoms with Gasteiger partial charge in [-0.2, -0.15) is 5.10 Å². The van der Waals surface area contributed by atoms with E-state index in [4.69, 9.17) is 14.2 Å². The van der Waals surface area contributed by atoms with Crippen LogP contribution in [0.5, 0.6) is 17.2 Å². The van der Waals surface area contributed by atoms with Crippen LogP contribution in [0.3, 0.4) is 0 Å². The quantitative estimate of drug-likeness (QED) is 0.498. The van der Waals surface area contributed by atoms with E-state index in [1.54, 1.807) is 0 Å². The summed E-state index contributed by atoms with van der Waals surface area (Å²) in [4.78, 5) is 12.6. The lowest BCUT2D eigenvalue weighted by Crippen LogP contribution is -2.20. The van der Waals surface area contributed by atoms with Crippen molar-refractivity contribution in [3.8, 4) is 17.2 Å². The minimum atomic E-state index is -0.765. The molecule has 0 saturated carbocycles. The number of benzene rings is 2. The van der Waals surface area contributed by atoms with Crippen molar-refractivity contribution < 1.29 is 27.8 Å². The number of hydrazone groups is 1. The molecule has 156 valence electrons. The summed E-state index contributed by atoms with van der Waals surface area (Å²) in [6, 6.07) is 6.18. The van der Waals surface area contributed by atoms with Crippen LogP contribution in [0.1, 0.15) is 43.6 Å². The van der Waals surface area contributed by atoms with Crippen molar-refractivity contribution in [1.29, 1.82) is 0 Å². The largest absolute Gasteiger partial charge is 0.490 e. The second kappa shape index (κ2) is 10.4. The Kier molecular flexibility index (Phi) is 7.94. The zero-order valence-electron chi connectivity index (χ0n) is 16.8. The first-order chi connectivity index (χ1) is 13.9. The molecule has 0 radical (unpaired) electrons. The Labute approximate surface area is 168 Å². The molecule has 2 rings (SSSR count). The zero-order valence-corrected chi connectivity index (χ0v) is 16.8. The number of halogens is 2. The van der Waals surface area contributed by atoms with Gasteiger partial charge in [0, 0.05) is 17.2 Å². The van der Waals surface area contributed by atoms with Crippen molar-refractivity contribution in [2.75, 3.05) is 19.8 Å². The number of hydrogen-bond acceptors (Lipinski definition) is 5. The van der Waals surface area contributed by atoms with Gasteiger partial charge in [-0.25, -0.2) is 14.2 Å². The Morgan fingerprint density at radius 3 is 2.07 bits per heavy atom. The molecule has 0 bridgehead atoms. The number of carbonyl (C=O) groups is 1. The van der Waals surface area contributed by atoms with Crippen molar-refractivity contribution in [2.45, 2.75) is 27.7 Å². The van der Waals surface area contributed by atoms with Crippen molar-refractivity contribution in [1.82, 2.24) is 5.43 Å². The number of rotatable bonds is 9. The lowest BCUT2D eigenvalue weighted by Gasteiger charge is -2.16. The van der Waals surface area contributed by atoms with Crippen molar-refractivity contribution in [3.63, 3.8) is 0 Å². The Balaban J connectivity index is 2.31. The summed E-state index contributed by atoms with van der Waals surface area (Å²) in [5, 5.41) is 3.91. The van der Waals surface area contributed by atoms with Crippen LogP contribution in [0.15, 0.2) is 35.4 Å². The van der Waals surface area contributed by atoms with E-state index in [1.807, 2.05) is 20.8 Å². The summed E-state index contributed by atoms with van der Waals surface area (Å²) >= 11 is 0. The van der Waals surface area contributed by atoms with Gasteiger partial charge < -0.3 is 14.2 Å². The Morgan fingerprint density at radius 1 is 0.966 bits per heavy atom. The van der Waals surface area contributed by atoms with Crippen LogP contribution in [-0.4, -0.2) is 31.4 Å². The van der Waals surface area contributed by atoms with E-state index in [1.165, 1.54) is 25.1 Å². The van der Waals surface area contributed by atoms with Crippen LogP contribution in [0, 0.1) is 11.6 Å². The number of ether oxygens (including phenoxy) is 3. The van der Waals surface area contributed by atoms with E-state index in [0.29, 0.717) is 37.1 Å². The lowest BCUT2D eigenvalue weighted by atomic mass is 10.1. The van der Waals surface area contributed by atoms with Crippen molar-refractivity contribution >= 4 is 11.6 Å². The molecule has 0 atom stereocenters. The first-order valence-electron chi connectivity index (χ1n) is 9.27. The Morgan fingerprint density at radius 2 is 1.55 bits per heavy atom. The minimum absolute atomic E-state index is 0.0865. The molecular formula is C21H24F2N2O4. The van der Waals surface area contributed by atoms with Gasteiger partial charge in [0.05, 0.1) is 25.5 Å². The van der Waals surface area contributed by atoms with Gasteiger partial charge >= 0.3 is 0 Å². The van der Waals surface area contributed by atoms with Crippen LogP contribution in [0.4, 0.5) is 8.78 Å². The second-order valence-corrected chi connectivity index (χ2v) is 5.86. The SMILES string of the molecule is CCOc1cc(C(=O)N/N=C(\C)c2ccc(F)cc2F)cc(OCC)c1OCC. The van der Waals surface area contributed by atoms with E-state index in [9.17, 15) is 13.6 Å². The van der Waals surface area contributed by atoms with Crippen LogP contribution < -0.4 is 19.6 Å². The number of nitrogens with zero attached hydrogens (tertiary/aromatic N) is 1. The van der Waals surface area contributed by atoms with Crippen molar-refractivity contribution in [2.24, 2.45) is 5.10 Å². The molecule has 1 amide bonds. The molecule has 0 unspecified atom stereocenters. The maximum atomic E-state index is 13.9. The fourth-order valence-corrected chi connectivity index (χ4v) is 2.56. The molecule has 0 fully saturated rings. The first kappa shape index (κ1) is 22.1. The molecule has 0 saturated heterocycles. The minimum Gasteiger partial charge on any atom is -0.490 e. The molecule has 8 heteroatoms. The molecule has 6 nitrogen and oxygen atoms in total. The Bertz CT molecular complexity index is 873. The van der Waals surface area contributed by atoms with E-state index >= 15 is 0 Å². The number of carbonyl (C=O) groups excluding carboxylic acids is 1. The third-order valence-corrected chi connectivity index (χ3v) is 3.82. The first-order valence-corrected chi connectivity index (χ1v) is 9.27. The molecule has 0 aliphatic heterocycles. The van der Waals surface area contributed by atoms with Gasteiger partial charge in [0.2, 0.25) is 5.75 Å². The normalized spacial score (nSPS) is 11.2. The third kappa shape index (κ3) is 5.66. The highest BCUT2D eigenvalue weighted by molar-refractivity contribution is 6.01. The summed E-state index contributed by atoms with van der Waals surface area (Å²) < 4.78 is 43.7. The highest BCUT2D eigenvalue weighted by atomic mass is 19.1. The summed E-state index contributed by atoms with van der Waals surface area (Å²) in [6.45, 7) is 8.11. The van der Waals surface area contributed by atoms with Gasteiger partial charge in [0.1, 0.15) is 11.6 Å². The van der Waals surface area contributed by atoms with Gasteiger partial charge in [-0.05, 0) is 52.0 Å². The number of hydrogen-bond donors (Lipinski definition) is 1. The van der Waals surface area contributed by atoms with Gasteiger partial charge in [-0.3, -0.25) is 4.79 Å². The second-order valence-electron chi connectivity index (χ2n) is 5.86. The molecule has 0 spiro atoms. The highest BCUT2D eigenvalue weighted by Crippen LogP contribution is 2.39. The smallest absolute Gasteiger partial charge is 0.271 e.